The number of hydrogen-bond acceptors (Lipinski definition) is 2. The van der Waals surface area contributed by atoms with Crippen molar-refractivity contribution in [1.29, 1.82) is 0 Å². The Labute approximate surface area is 102 Å². The summed E-state index contributed by atoms with van der Waals surface area (Å²) in [5.74, 6) is -1.18. The van der Waals surface area contributed by atoms with Crippen LogP contribution in [0.3, 0.4) is 0 Å². The van der Waals surface area contributed by atoms with Crippen molar-refractivity contribution >= 4 is 15.9 Å². The van der Waals surface area contributed by atoms with E-state index in [0.29, 0.717) is 13.0 Å². The van der Waals surface area contributed by atoms with Gasteiger partial charge in [-0.1, -0.05) is 6.92 Å². The fraction of sp³-hybridized carbons (Fsp3) is 0.455. The molecule has 1 aromatic carbocycles. The maximum Gasteiger partial charge on any atom is 0.144 e. The largest absolute Gasteiger partial charge is 0.392 e. The highest BCUT2D eigenvalue weighted by Crippen LogP contribution is 2.21. The average molecular weight is 294 g/mol. The molecule has 0 heterocycles. The second-order valence-corrected chi connectivity index (χ2v) is 4.37. The van der Waals surface area contributed by atoms with Gasteiger partial charge in [-0.05, 0) is 34.5 Å². The predicted octanol–water partition coefficient (Wildman–Crippen LogP) is 2.59. The Kier molecular flexibility index (Phi) is 5.31. The highest BCUT2D eigenvalue weighted by Gasteiger charge is 2.12. The normalized spacial score (nSPS) is 12.8. The molecule has 0 aliphatic carbocycles. The van der Waals surface area contributed by atoms with Crippen LogP contribution in [0.2, 0.25) is 0 Å². The van der Waals surface area contributed by atoms with Gasteiger partial charge >= 0.3 is 0 Å². The Balaban J connectivity index is 2.63. The Bertz CT molecular complexity index is 360. The molecule has 0 saturated carbocycles. The van der Waals surface area contributed by atoms with Crippen LogP contribution in [0.15, 0.2) is 16.6 Å². The average Bonchev–Trinajstić information content (AvgIpc) is 2.28. The van der Waals surface area contributed by atoms with Crippen molar-refractivity contribution in [3.63, 3.8) is 0 Å². The lowest BCUT2D eigenvalue weighted by Gasteiger charge is -2.11. The predicted molar refractivity (Wildman–Crippen MR) is 62.1 cm³/mol. The standard InChI is InChI=1S/C11H14BrF2NO/c1-2-7(16)5-15-6-8-10(13)4-3-9(12)11(8)14/h3-4,7,15-16H,2,5-6H2,1H3. The minimum atomic E-state index is -0.599. The first-order valence-corrected chi connectivity index (χ1v) is 5.86. The number of rotatable bonds is 5. The molecule has 1 aromatic rings. The topological polar surface area (TPSA) is 32.3 Å². The SMILES string of the molecule is CCC(O)CNCc1c(F)ccc(Br)c1F. The van der Waals surface area contributed by atoms with E-state index < -0.39 is 17.7 Å². The summed E-state index contributed by atoms with van der Waals surface area (Å²) < 4.78 is 27.0. The molecule has 0 radical (unpaired) electrons. The molecule has 0 aromatic heterocycles. The molecule has 0 fully saturated rings. The number of benzene rings is 1. The second kappa shape index (κ2) is 6.27. The van der Waals surface area contributed by atoms with Crippen molar-refractivity contribution in [1.82, 2.24) is 5.32 Å². The summed E-state index contributed by atoms with van der Waals surface area (Å²) in [4.78, 5) is 0. The highest BCUT2D eigenvalue weighted by atomic mass is 79.9. The molecule has 1 atom stereocenters. The van der Waals surface area contributed by atoms with E-state index >= 15 is 0 Å². The monoisotopic (exact) mass is 293 g/mol. The summed E-state index contributed by atoms with van der Waals surface area (Å²) in [7, 11) is 0. The lowest BCUT2D eigenvalue weighted by molar-refractivity contribution is 0.167. The third kappa shape index (κ3) is 3.50. The van der Waals surface area contributed by atoms with Gasteiger partial charge in [0.05, 0.1) is 10.6 Å². The molecule has 1 rings (SSSR count). The third-order valence-corrected chi connectivity index (χ3v) is 2.90. The smallest absolute Gasteiger partial charge is 0.144 e. The van der Waals surface area contributed by atoms with E-state index in [1.165, 1.54) is 12.1 Å². The first-order chi connectivity index (χ1) is 7.56. The number of halogens is 3. The fourth-order valence-corrected chi connectivity index (χ4v) is 1.61. The van der Waals surface area contributed by atoms with E-state index in [1.807, 2.05) is 6.92 Å². The summed E-state index contributed by atoms with van der Waals surface area (Å²) in [5.41, 5.74) is -0.0160. The van der Waals surface area contributed by atoms with Crippen LogP contribution in [0.4, 0.5) is 8.78 Å². The van der Waals surface area contributed by atoms with Gasteiger partial charge in [0.15, 0.2) is 0 Å². The Morgan fingerprint density at radius 1 is 1.44 bits per heavy atom. The van der Waals surface area contributed by atoms with Gasteiger partial charge in [-0.25, -0.2) is 8.78 Å². The molecule has 0 spiro atoms. The molecule has 1 unspecified atom stereocenters. The van der Waals surface area contributed by atoms with Gasteiger partial charge in [-0.2, -0.15) is 0 Å². The summed E-state index contributed by atoms with van der Waals surface area (Å²) in [6.07, 6.45) is 0.120. The molecule has 5 heteroatoms. The molecule has 2 nitrogen and oxygen atoms in total. The Morgan fingerprint density at radius 3 is 2.75 bits per heavy atom. The zero-order chi connectivity index (χ0) is 12.1. The van der Waals surface area contributed by atoms with Crippen LogP contribution in [-0.4, -0.2) is 17.8 Å². The number of aliphatic hydroxyl groups excluding tert-OH is 1. The Morgan fingerprint density at radius 2 is 2.12 bits per heavy atom. The Hall–Kier alpha value is -0.520. The lowest BCUT2D eigenvalue weighted by Crippen LogP contribution is -2.26. The molecule has 16 heavy (non-hydrogen) atoms. The molecule has 0 saturated heterocycles. The van der Waals surface area contributed by atoms with Crippen molar-refractivity contribution in [2.45, 2.75) is 26.0 Å². The number of hydrogen-bond donors (Lipinski definition) is 2. The lowest BCUT2D eigenvalue weighted by atomic mass is 10.2. The van der Waals surface area contributed by atoms with Gasteiger partial charge in [-0.15, -0.1) is 0 Å². The van der Waals surface area contributed by atoms with E-state index in [1.54, 1.807) is 0 Å². The first kappa shape index (κ1) is 13.5. The van der Waals surface area contributed by atoms with Gasteiger partial charge in [0.1, 0.15) is 11.6 Å². The van der Waals surface area contributed by atoms with Crippen LogP contribution < -0.4 is 5.32 Å². The van der Waals surface area contributed by atoms with Crippen LogP contribution >= 0.6 is 15.9 Å². The van der Waals surface area contributed by atoms with Gasteiger partial charge in [0, 0.05) is 18.7 Å². The fourth-order valence-electron chi connectivity index (χ4n) is 1.24. The van der Waals surface area contributed by atoms with Gasteiger partial charge in [0.25, 0.3) is 0 Å². The molecule has 0 bridgehead atoms. The molecule has 0 amide bonds. The second-order valence-electron chi connectivity index (χ2n) is 3.51. The summed E-state index contributed by atoms with van der Waals surface area (Å²) in [6, 6.07) is 2.54. The molecule has 90 valence electrons. The van der Waals surface area contributed by atoms with Crippen molar-refractivity contribution in [3.8, 4) is 0 Å². The quantitative estimate of drug-likeness (QED) is 0.818. The minimum absolute atomic E-state index is 0.0160. The molecule has 0 aliphatic heterocycles. The minimum Gasteiger partial charge on any atom is -0.392 e. The van der Waals surface area contributed by atoms with E-state index in [0.717, 1.165) is 0 Å². The van der Waals surface area contributed by atoms with E-state index in [-0.39, 0.29) is 16.6 Å². The van der Waals surface area contributed by atoms with E-state index in [4.69, 9.17) is 0 Å². The maximum absolute atomic E-state index is 13.5. The molecule has 2 N–H and O–H groups in total. The summed E-state index contributed by atoms with van der Waals surface area (Å²) >= 11 is 3.00. The van der Waals surface area contributed by atoms with Crippen molar-refractivity contribution in [2.24, 2.45) is 0 Å². The molecular formula is C11H14BrF2NO. The van der Waals surface area contributed by atoms with Gasteiger partial charge in [-0.3, -0.25) is 0 Å². The summed E-state index contributed by atoms with van der Waals surface area (Å²) in [6.45, 7) is 2.22. The number of aliphatic hydroxyl groups is 1. The third-order valence-electron chi connectivity index (χ3n) is 2.29. The van der Waals surface area contributed by atoms with Crippen LogP contribution in [0.5, 0.6) is 0 Å². The van der Waals surface area contributed by atoms with Crippen LogP contribution in [0.1, 0.15) is 18.9 Å². The zero-order valence-corrected chi connectivity index (χ0v) is 10.5. The van der Waals surface area contributed by atoms with Crippen LogP contribution in [0.25, 0.3) is 0 Å². The molecular weight excluding hydrogens is 280 g/mol. The van der Waals surface area contributed by atoms with Gasteiger partial charge < -0.3 is 10.4 Å². The zero-order valence-electron chi connectivity index (χ0n) is 8.93. The van der Waals surface area contributed by atoms with Crippen LogP contribution in [0, 0.1) is 11.6 Å². The van der Waals surface area contributed by atoms with Crippen molar-refractivity contribution in [2.75, 3.05) is 6.54 Å². The first-order valence-electron chi connectivity index (χ1n) is 5.07. The van der Waals surface area contributed by atoms with Crippen molar-refractivity contribution in [3.05, 3.63) is 33.8 Å². The molecule has 0 aliphatic rings. The maximum atomic E-state index is 13.5. The highest BCUT2D eigenvalue weighted by molar-refractivity contribution is 9.10. The summed E-state index contributed by atoms with van der Waals surface area (Å²) in [5, 5.41) is 12.1. The number of nitrogens with one attached hydrogen (secondary N) is 1. The van der Waals surface area contributed by atoms with Crippen molar-refractivity contribution < 1.29 is 13.9 Å². The van der Waals surface area contributed by atoms with E-state index in [9.17, 15) is 13.9 Å². The van der Waals surface area contributed by atoms with Crippen LogP contribution in [-0.2, 0) is 6.54 Å². The van der Waals surface area contributed by atoms with Gasteiger partial charge in [0.2, 0.25) is 0 Å². The van der Waals surface area contributed by atoms with E-state index in [2.05, 4.69) is 21.2 Å².